The van der Waals surface area contributed by atoms with Crippen molar-refractivity contribution in [2.75, 3.05) is 0 Å². The highest BCUT2D eigenvalue weighted by molar-refractivity contribution is 5.95. The third-order valence-corrected chi connectivity index (χ3v) is 8.51. The van der Waals surface area contributed by atoms with Crippen LogP contribution in [-0.2, 0) is 6.42 Å². The van der Waals surface area contributed by atoms with E-state index in [1.54, 1.807) is 0 Å². The number of benzene rings is 1. The Labute approximate surface area is 166 Å². The Morgan fingerprint density at radius 1 is 1.14 bits per heavy atom. The van der Waals surface area contributed by atoms with Gasteiger partial charge in [-0.05, 0) is 49.0 Å². The fourth-order valence-corrected chi connectivity index (χ4v) is 6.75. The highest BCUT2D eigenvalue weighted by atomic mass is 16.5. The van der Waals surface area contributed by atoms with Gasteiger partial charge in [0.15, 0.2) is 12.6 Å². The Balaban J connectivity index is 1.88. The summed E-state index contributed by atoms with van der Waals surface area (Å²) in [7, 11) is 0. The first-order valence-corrected chi connectivity index (χ1v) is 10.3. The van der Waals surface area contributed by atoms with Crippen molar-refractivity contribution in [3.05, 3.63) is 22.8 Å². The summed E-state index contributed by atoms with van der Waals surface area (Å²) in [6, 6.07) is 1.37. The predicted octanol–water partition coefficient (Wildman–Crippen LogP) is 3.92. The molecule has 2 N–H and O–H groups in total. The van der Waals surface area contributed by atoms with Crippen LogP contribution in [0.4, 0.5) is 0 Å². The number of hydrogen-bond acceptors (Lipinski definition) is 5. The number of rotatable bonds is 2. The maximum Gasteiger partial charge on any atom is 0.154 e. The number of ether oxygens (including phenoxy) is 1. The number of phenols is 1. The summed E-state index contributed by atoms with van der Waals surface area (Å²) in [5.41, 5.74) is 0.0139. The molecule has 0 bridgehead atoms. The second-order valence-electron chi connectivity index (χ2n) is 9.93. The van der Waals surface area contributed by atoms with Gasteiger partial charge in [0.2, 0.25) is 0 Å². The topological polar surface area (TPSA) is 83.8 Å². The van der Waals surface area contributed by atoms with Gasteiger partial charge in [-0.2, -0.15) is 0 Å². The van der Waals surface area contributed by atoms with Gasteiger partial charge in [-0.1, -0.05) is 27.7 Å². The van der Waals surface area contributed by atoms with Crippen molar-refractivity contribution in [1.82, 2.24) is 0 Å². The fraction of sp³-hybridized carbons (Fsp3) is 0.652. The third kappa shape index (κ3) is 2.23. The molecule has 2 fully saturated rings. The van der Waals surface area contributed by atoms with Gasteiger partial charge in [-0.15, -0.1) is 0 Å². The zero-order valence-corrected chi connectivity index (χ0v) is 17.1. The Morgan fingerprint density at radius 2 is 1.86 bits per heavy atom. The molecule has 1 aromatic rings. The number of carbonyl (C=O) groups is 2. The standard InChI is InChI=1S/C23H30O5/c1-13-5-6-18-21(2,3)19(27)7-8-22(18,4)23(13)10-15-17(26)9-14(11-24)16(12-25)20(15)28-23/h9,11-13,18-19,26-27H,5-8,10H2,1-4H3/t13-,18+,19+,22+,23-/m1/s1. The SMILES string of the molecule is C[C@@H]1CC[C@H]2C(C)(C)[C@@H](O)CC[C@]2(C)[C@@]12Cc1c(O)cc(C=O)c(C=O)c1O2. The van der Waals surface area contributed by atoms with E-state index in [4.69, 9.17) is 4.74 Å². The normalized spacial score (nSPS) is 38.4. The lowest BCUT2D eigenvalue weighted by molar-refractivity contribution is -0.210. The Bertz CT molecular complexity index is 844. The molecule has 28 heavy (non-hydrogen) atoms. The molecule has 152 valence electrons. The molecule has 1 spiro atoms. The zero-order valence-electron chi connectivity index (χ0n) is 17.1. The Hall–Kier alpha value is -1.88. The van der Waals surface area contributed by atoms with Crippen molar-refractivity contribution in [1.29, 1.82) is 0 Å². The summed E-state index contributed by atoms with van der Waals surface area (Å²) in [4.78, 5) is 23.2. The van der Waals surface area contributed by atoms with Crippen LogP contribution in [0.5, 0.6) is 11.5 Å². The first-order valence-electron chi connectivity index (χ1n) is 10.3. The quantitative estimate of drug-likeness (QED) is 0.753. The molecule has 0 radical (unpaired) electrons. The molecule has 5 atom stereocenters. The van der Waals surface area contributed by atoms with Crippen LogP contribution in [0.25, 0.3) is 0 Å². The van der Waals surface area contributed by atoms with Crippen molar-refractivity contribution < 1.29 is 24.5 Å². The van der Waals surface area contributed by atoms with E-state index in [2.05, 4.69) is 27.7 Å². The van der Waals surface area contributed by atoms with Crippen molar-refractivity contribution in [3.63, 3.8) is 0 Å². The zero-order chi connectivity index (χ0) is 20.5. The van der Waals surface area contributed by atoms with Crippen LogP contribution in [0.3, 0.4) is 0 Å². The number of carbonyl (C=O) groups excluding carboxylic acids is 2. The lowest BCUT2D eigenvalue weighted by Gasteiger charge is -2.64. The van der Waals surface area contributed by atoms with Crippen LogP contribution in [-0.4, -0.2) is 34.5 Å². The minimum Gasteiger partial charge on any atom is -0.508 e. The first-order chi connectivity index (χ1) is 13.1. The van der Waals surface area contributed by atoms with E-state index in [9.17, 15) is 19.8 Å². The van der Waals surface area contributed by atoms with E-state index in [-0.39, 0.29) is 45.6 Å². The summed E-state index contributed by atoms with van der Waals surface area (Å²) in [5.74, 6) is 0.884. The molecule has 1 aromatic carbocycles. The molecular weight excluding hydrogens is 356 g/mol. The first kappa shape index (κ1) is 19.4. The second kappa shape index (κ2) is 6.06. The molecule has 4 rings (SSSR count). The van der Waals surface area contributed by atoms with Gasteiger partial charge in [0.1, 0.15) is 17.1 Å². The van der Waals surface area contributed by atoms with E-state index in [0.29, 0.717) is 36.7 Å². The molecule has 1 heterocycles. The number of hydrogen-bond donors (Lipinski definition) is 2. The predicted molar refractivity (Wildman–Crippen MR) is 105 cm³/mol. The molecule has 5 nitrogen and oxygen atoms in total. The van der Waals surface area contributed by atoms with Crippen molar-refractivity contribution >= 4 is 12.6 Å². The van der Waals surface area contributed by atoms with E-state index in [0.717, 1.165) is 19.3 Å². The van der Waals surface area contributed by atoms with E-state index in [1.165, 1.54) is 6.07 Å². The molecule has 1 aliphatic heterocycles. The van der Waals surface area contributed by atoms with Crippen LogP contribution in [0.2, 0.25) is 0 Å². The number of aliphatic hydroxyl groups is 1. The maximum atomic E-state index is 11.8. The minimum atomic E-state index is -0.563. The average Bonchev–Trinajstić information content (AvgIpc) is 3.06. The molecule has 0 aromatic heterocycles. The number of phenolic OH excluding ortho intramolecular Hbond substituents is 1. The van der Waals surface area contributed by atoms with Crippen LogP contribution in [0, 0.1) is 22.7 Å². The summed E-state index contributed by atoms with van der Waals surface area (Å²) >= 11 is 0. The molecule has 0 saturated heterocycles. The Morgan fingerprint density at radius 3 is 2.50 bits per heavy atom. The molecule has 2 saturated carbocycles. The molecule has 2 aliphatic carbocycles. The van der Waals surface area contributed by atoms with Gasteiger partial charge in [-0.3, -0.25) is 9.59 Å². The van der Waals surface area contributed by atoms with Gasteiger partial charge in [0.05, 0.1) is 11.7 Å². The van der Waals surface area contributed by atoms with Crippen LogP contribution < -0.4 is 4.74 Å². The number of aromatic hydroxyl groups is 1. The van der Waals surface area contributed by atoms with Crippen molar-refractivity contribution in [3.8, 4) is 11.5 Å². The lowest BCUT2D eigenvalue weighted by atomic mass is 9.43. The smallest absolute Gasteiger partial charge is 0.154 e. The third-order valence-electron chi connectivity index (χ3n) is 8.51. The average molecular weight is 386 g/mol. The fourth-order valence-electron chi connectivity index (χ4n) is 6.75. The van der Waals surface area contributed by atoms with Crippen molar-refractivity contribution in [2.24, 2.45) is 22.7 Å². The van der Waals surface area contributed by atoms with E-state index < -0.39 is 5.60 Å². The molecule has 0 amide bonds. The lowest BCUT2D eigenvalue weighted by Crippen LogP contribution is -2.66. The molecule has 3 aliphatic rings. The maximum absolute atomic E-state index is 11.8. The monoisotopic (exact) mass is 386 g/mol. The molecule has 5 heteroatoms. The number of aliphatic hydroxyl groups excluding tert-OH is 1. The molecule has 0 unspecified atom stereocenters. The largest absolute Gasteiger partial charge is 0.508 e. The van der Waals surface area contributed by atoms with Crippen molar-refractivity contribution in [2.45, 2.75) is 71.5 Å². The van der Waals surface area contributed by atoms with E-state index in [1.807, 2.05) is 0 Å². The minimum absolute atomic E-state index is 0.0209. The molecular formula is C23H30O5. The van der Waals surface area contributed by atoms with Gasteiger partial charge in [0.25, 0.3) is 0 Å². The van der Waals surface area contributed by atoms with Gasteiger partial charge >= 0.3 is 0 Å². The van der Waals surface area contributed by atoms with Crippen LogP contribution >= 0.6 is 0 Å². The number of fused-ring (bicyclic) bond motifs is 3. The number of aldehydes is 2. The summed E-state index contributed by atoms with van der Waals surface area (Å²) < 4.78 is 6.66. The Kier molecular flexibility index (Phi) is 4.20. The van der Waals surface area contributed by atoms with Gasteiger partial charge < -0.3 is 14.9 Å². The summed E-state index contributed by atoms with van der Waals surface area (Å²) in [5, 5.41) is 21.3. The van der Waals surface area contributed by atoms with Crippen LogP contribution in [0.1, 0.15) is 79.7 Å². The summed E-state index contributed by atoms with van der Waals surface area (Å²) in [6.45, 7) is 8.73. The van der Waals surface area contributed by atoms with Gasteiger partial charge in [0, 0.05) is 23.0 Å². The van der Waals surface area contributed by atoms with Gasteiger partial charge in [-0.25, -0.2) is 0 Å². The van der Waals surface area contributed by atoms with Crippen LogP contribution in [0.15, 0.2) is 6.07 Å². The van der Waals surface area contributed by atoms with E-state index >= 15 is 0 Å². The second-order valence-corrected chi connectivity index (χ2v) is 9.93. The highest BCUT2D eigenvalue weighted by Gasteiger charge is 2.67. The highest BCUT2D eigenvalue weighted by Crippen LogP contribution is 2.66. The summed E-state index contributed by atoms with van der Waals surface area (Å²) in [6.07, 6.45) is 4.95.